The van der Waals surface area contributed by atoms with Crippen molar-refractivity contribution >= 4 is 11.7 Å². The van der Waals surface area contributed by atoms with Crippen LogP contribution in [0.3, 0.4) is 0 Å². The van der Waals surface area contributed by atoms with Gasteiger partial charge in [0.25, 0.3) is 0 Å². The Hall–Kier alpha value is -1.62. The van der Waals surface area contributed by atoms with Crippen LogP contribution in [0.2, 0.25) is 0 Å². The summed E-state index contributed by atoms with van der Waals surface area (Å²) < 4.78 is 0. The van der Waals surface area contributed by atoms with E-state index < -0.39 is 0 Å². The van der Waals surface area contributed by atoms with E-state index >= 15 is 0 Å². The summed E-state index contributed by atoms with van der Waals surface area (Å²) in [5.41, 5.74) is 1.11. The van der Waals surface area contributed by atoms with Crippen LogP contribution in [0, 0.1) is 0 Å². The second-order valence-electron chi connectivity index (χ2n) is 4.78. The van der Waals surface area contributed by atoms with Crippen LogP contribution in [0.4, 0.5) is 5.82 Å². The molecule has 1 aromatic rings. The molecule has 0 saturated heterocycles. The van der Waals surface area contributed by atoms with Gasteiger partial charge in [0, 0.05) is 37.9 Å². The Morgan fingerprint density at radius 2 is 2.00 bits per heavy atom. The molecule has 0 saturated carbocycles. The van der Waals surface area contributed by atoms with Crippen molar-refractivity contribution in [3.8, 4) is 0 Å². The van der Waals surface area contributed by atoms with E-state index in [9.17, 15) is 4.79 Å². The van der Waals surface area contributed by atoms with Crippen LogP contribution < -0.4 is 5.32 Å². The van der Waals surface area contributed by atoms with Crippen molar-refractivity contribution in [1.82, 2.24) is 14.8 Å². The van der Waals surface area contributed by atoms with Gasteiger partial charge in [-0.05, 0) is 33.9 Å². The third kappa shape index (κ3) is 4.81. The molecule has 0 atom stereocenters. The SMILES string of the molecule is CCNc1ncccc1CN(C)CC(=O)N(CC)CC. The first-order valence-corrected chi connectivity index (χ1v) is 7.26. The summed E-state index contributed by atoms with van der Waals surface area (Å²) >= 11 is 0. The number of carbonyl (C=O) groups is 1. The van der Waals surface area contributed by atoms with Crippen LogP contribution in [0.1, 0.15) is 26.3 Å². The standard InChI is InChI=1S/C15H26N4O/c1-5-16-15-13(9-8-10-17-15)11-18(4)12-14(20)19(6-2)7-3/h8-10H,5-7,11-12H2,1-4H3,(H,16,17). The number of nitrogens with one attached hydrogen (secondary N) is 1. The van der Waals surface area contributed by atoms with Crippen LogP contribution in [-0.4, -0.2) is 53.9 Å². The summed E-state index contributed by atoms with van der Waals surface area (Å²) in [5, 5.41) is 3.25. The fraction of sp³-hybridized carbons (Fsp3) is 0.600. The van der Waals surface area contributed by atoms with Gasteiger partial charge >= 0.3 is 0 Å². The summed E-state index contributed by atoms with van der Waals surface area (Å²) in [7, 11) is 1.96. The van der Waals surface area contributed by atoms with E-state index in [-0.39, 0.29) is 5.91 Å². The first kappa shape index (κ1) is 16.4. The number of likely N-dealkylation sites (N-methyl/N-ethyl adjacent to an activating group) is 2. The van der Waals surface area contributed by atoms with Crippen molar-refractivity contribution in [3.05, 3.63) is 23.9 Å². The molecule has 1 N–H and O–H groups in total. The highest BCUT2D eigenvalue weighted by molar-refractivity contribution is 5.78. The average molecular weight is 278 g/mol. The third-order valence-corrected chi connectivity index (χ3v) is 3.20. The van der Waals surface area contributed by atoms with Gasteiger partial charge in [-0.15, -0.1) is 0 Å². The van der Waals surface area contributed by atoms with E-state index in [4.69, 9.17) is 0 Å². The molecule has 0 aromatic carbocycles. The molecule has 5 nitrogen and oxygen atoms in total. The molecule has 0 aliphatic rings. The smallest absolute Gasteiger partial charge is 0.236 e. The second-order valence-corrected chi connectivity index (χ2v) is 4.78. The lowest BCUT2D eigenvalue weighted by atomic mass is 10.2. The molecule has 112 valence electrons. The predicted molar refractivity (Wildman–Crippen MR) is 82.7 cm³/mol. The topological polar surface area (TPSA) is 48.5 Å². The summed E-state index contributed by atoms with van der Waals surface area (Å²) in [6.07, 6.45) is 1.78. The number of amides is 1. The highest BCUT2D eigenvalue weighted by Crippen LogP contribution is 2.13. The van der Waals surface area contributed by atoms with E-state index in [2.05, 4.69) is 10.3 Å². The molecular weight excluding hydrogens is 252 g/mol. The first-order valence-electron chi connectivity index (χ1n) is 7.26. The zero-order chi connectivity index (χ0) is 15.0. The minimum absolute atomic E-state index is 0.173. The van der Waals surface area contributed by atoms with E-state index in [1.807, 2.05) is 49.8 Å². The zero-order valence-corrected chi connectivity index (χ0v) is 13.0. The first-order chi connectivity index (χ1) is 9.62. The molecule has 0 aliphatic heterocycles. The normalized spacial score (nSPS) is 10.7. The molecule has 0 bridgehead atoms. The van der Waals surface area contributed by atoms with Crippen LogP contribution >= 0.6 is 0 Å². The summed E-state index contributed by atoms with van der Waals surface area (Å²) in [6, 6.07) is 3.97. The number of pyridine rings is 1. The van der Waals surface area contributed by atoms with E-state index in [1.54, 1.807) is 6.20 Å². The fourth-order valence-corrected chi connectivity index (χ4v) is 2.15. The largest absolute Gasteiger partial charge is 0.370 e. The molecule has 1 heterocycles. The van der Waals surface area contributed by atoms with Crippen LogP contribution in [0.25, 0.3) is 0 Å². The molecule has 0 fully saturated rings. The highest BCUT2D eigenvalue weighted by atomic mass is 16.2. The Morgan fingerprint density at radius 3 is 2.60 bits per heavy atom. The van der Waals surface area contributed by atoms with Gasteiger partial charge in [-0.25, -0.2) is 4.98 Å². The number of carbonyl (C=O) groups excluding carboxylic acids is 1. The van der Waals surface area contributed by atoms with Crippen LogP contribution in [0.5, 0.6) is 0 Å². The number of hydrogen-bond donors (Lipinski definition) is 1. The van der Waals surface area contributed by atoms with Crippen molar-refractivity contribution in [3.63, 3.8) is 0 Å². The van der Waals surface area contributed by atoms with Crippen molar-refractivity contribution in [2.24, 2.45) is 0 Å². The minimum atomic E-state index is 0.173. The predicted octanol–water partition coefficient (Wildman–Crippen LogP) is 1.81. The lowest BCUT2D eigenvalue weighted by molar-refractivity contribution is -0.131. The number of nitrogens with zero attached hydrogens (tertiary/aromatic N) is 3. The van der Waals surface area contributed by atoms with E-state index in [0.717, 1.165) is 31.0 Å². The molecular formula is C15H26N4O. The zero-order valence-electron chi connectivity index (χ0n) is 13.0. The maximum absolute atomic E-state index is 12.1. The molecule has 1 rings (SSSR count). The Labute approximate surface area is 122 Å². The molecule has 20 heavy (non-hydrogen) atoms. The molecule has 1 aromatic heterocycles. The Kier molecular flexibility index (Phi) is 7.01. The van der Waals surface area contributed by atoms with Gasteiger partial charge < -0.3 is 10.2 Å². The minimum Gasteiger partial charge on any atom is -0.370 e. The maximum Gasteiger partial charge on any atom is 0.236 e. The number of hydrogen-bond acceptors (Lipinski definition) is 4. The van der Waals surface area contributed by atoms with Gasteiger partial charge in [0.1, 0.15) is 5.82 Å². The van der Waals surface area contributed by atoms with Crippen molar-refractivity contribution in [1.29, 1.82) is 0 Å². The maximum atomic E-state index is 12.1. The Morgan fingerprint density at radius 1 is 1.30 bits per heavy atom. The number of rotatable bonds is 8. The molecule has 0 radical (unpaired) electrons. The average Bonchev–Trinajstić information content (AvgIpc) is 2.42. The van der Waals surface area contributed by atoms with E-state index in [1.165, 1.54) is 0 Å². The lowest BCUT2D eigenvalue weighted by Gasteiger charge is -2.23. The Balaban J connectivity index is 2.62. The molecule has 0 unspecified atom stereocenters. The quantitative estimate of drug-likeness (QED) is 0.788. The van der Waals surface area contributed by atoms with Crippen molar-refractivity contribution in [2.75, 3.05) is 38.5 Å². The van der Waals surface area contributed by atoms with Crippen LogP contribution in [-0.2, 0) is 11.3 Å². The van der Waals surface area contributed by atoms with E-state index in [0.29, 0.717) is 13.1 Å². The van der Waals surface area contributed by atoms with Gasteiger partial charge in [0.15, 0.2) is 0 Å². The van der Waals surface area contributed by atoms with Gasteiger partial charge in [-0.2, -0.15) is 0 Å². The number of aromatic nitrogens is 1. The summed E-state index contributed by atoms with van der Waals surface area (Å²) in [6.45, 7) is 9.57. The monoisotopic (exact) mass is 278 g/mol. The molecule has 0 aliphatic carbocycles. The van der Waals surface area contributed by atoms with Crippen LogP contribution in [0.15, 0.2) is 18.3 Å². The number of anilines is 1. The second kappa shape index (κ2) is 8.53. The third-order valence-electron chi connectivity index (χ3n) is 3.20. The molecule has 0 spiro atoms. The molecule has 5 heteroatoms. The fourth-order valence-electron chi connectivity index (χ4n) is 2.15. The summed E-state index contributed by atoms with van der Waals surface area (Å²) in [4.78, 5) is 20.3. The van der Waals surface area contributed by atoms with Gasteiger partial charge in [0.2, 0.25) is 5.91 Å². The van der Waals surface area contributed by atoms with Crippen molar-refractivity contribution < 1.29 is 4.79 Å². The highest BCUT2D eigenvalue weighted by Gasteiger charge is 2.13. The van der Waals surface area contributed by atoms with Gasteiger partial charge in [-0.3, -0.25) is 9.69 Å². The lowest BCUT2D eigenvalue weighted by Crippen LogP contribution is -2.38. The summed E-state index contributed by atoms with van der Waals surface area (Å²) in [5.74, 6) is 1.07. The van der Waals surface area contributed by atoms with Gasteiger partial charge in [0.05, 0.1) is 6.54 Å². The Bertz CT molecular complexity index is 418. The molecule has 1 amide bonds. The van der Waals surface area contributed by atoms with Gasteiger partial charge in [-0.1, -0.05) is 6.07 Å². The van der Waals surface area contributed by atoms with Crippen molar-refractivity contribution in [2.45, 2.75) is 27.3 Å².